The Kier molecular flexibility index (Phi) is 6.29. The summed E-state index contributed by atoms with van der Waals surface area (Å²) in [6.07, 6.45) is 6.85. The van der Waals surface area contributed by atoms with Crippen LogP contribution in [0.2, 0.25) is 0 Å². The second-order valence-corrected chi connectivity index (χ2v) is 11.2. The molecule has 0 radical (unpaired) electrons. The maximum Gasteiger partial charge on any atom is 0.322 e. The number of aromatic nitrogens is 1. The smallest absolute Gasteiger partial charge is 0.322 e. The van der Waals surface area contributed by atoms with Crippen molar-refractivity contribution in [1.82, 2.24) is 9.47 Å². The molecule has 37 heavy (non-hydrogen) atoms. The van der Waals surface area contributed by atoms with E-state index in [2.05, 4.69) is 65.5 Å². The zero-order valence-electron chi connectivity index (χ0n) is 21.7. The van der Waals surface area contributed by atoms with Crippen LogP contribution in [0, 0.1) is 13.8 Å². The van der Waals surface area contributed by atoms with Gasteiger partial charge in [-0.25, -0.2) is 4.79 Å². The molecule has 0 fully saturated rings. The summed E-state index contributed by atoms with van der Waals surface area (Å²) in [6, 6.07) is 18.4. The maximum atomic E-state index is 14.2. The van der Waals surface area contributed by atoms with E-state index in [1.807, 2.05) is 42.2 Å². The highest BCUT2D eigenvalue weighted by Gasteiger charge is 2.36. The average Bonchev–Trinajstić information content (AvgIpc) is 3.49. The number of nitrogens with zero attached hydrogens (tertiary/aromatic N) is 2. The van der Waals surface area contributed by atoms with Gasteiger partial charge >= 0.3 is 6.03 Å². The number of carbonyl (C=O) groups is 1. The van der Waals surface area contributed by atoms with E-state index in [0.29, 0.717) is 13.2 Å². The van der Waals surface area contributed by atoms with E-state index in [4.69, 9.17) is 4.74 Å². The van der Waals surface area contributed by atoms with E-state index in [9.17, 15) is 4.79 Å². The Balaban J connectivity index is 1.48. The molecular weight excluding hydrogens is 478 g/mol. The van der Waals surface area contributed by atoms with Gasteiger partial charge in [-0.05, 0) is 99.0 Å². The van der Waals surface area contributed by atoms with Crippen LogP contribution in [0.3, 0.4) is 0 Å². The third kappa shape index (κ3) is 4.33. The summed E-state index contributed by atoms with van der Waals surface area (Å²) in [5, 5.41) is 4.53. The van der Waals surface area contributed by atoms with Gasteiger partial charge in [-0.15, -0.1) is 11.3 Å². The molecule has 1 unspecified atom stereocenters. The molecule has 3 heterocycles. The topological polar surface area (TPSA) is 46.5 Å². The molecule has 1 aliphatic carbocycles. The number of fused-ring (bicyclic) bond motifs is 5. The lowest BCUT2D eigenvalue weighted by molar-refractivity contribution is 0.194. The molecule has 1 aliphatic heterocycles. The summed E-state index contributed by atoms with van der Waals surface area (Å²) in [7, 11) is 0. The number of hydrogen-bond donors (Lipinski definition) is 1. The number of rotatable bonds is 4. The van der Waals surface area contributed by atoms with Crippen LogP contribution in [0.15, 0.2) is 60.8 Å². The van der Waals surface area contributed by atoms with Gasteiger partial charge < -0.3 is 19.5 Å². The molecule has 6 rings (SSSR count). The summed E-state index contributed by atoms with van der Waals surface area (Å²) in [6.45, 7) is 7.30. The molecule has 0 saturated heterocycles. The number of carbonyl (C=O) groups excluding carboxylic acids is 1. The number of anilines is 1. The van der Waals surface area contributed by atoms with Crippen molar-refractivity contribution in [2.75, 3.05) is 11.9 Å². The number of hydrogen-bond acceptors (Lipinski definition) is 3. The average molecular weight is 512 g/mol. The fourth-order valence-corrected chi connectivity index (χ4v) is 7.11. The van der Waals surface area contributed by atoms with Crippen molar-refractivity contribution in [2.45, 2.75) is 59.0 Å². The number of benzene rings is 2. The summed E-state index contributed by atoms with van der Waals surface area (Å²) in [5.74, 6) is 0.842. The molecule has 0 spiro atoms. The maximum absolute atomic E-state index is 14.2. The first-order valence-corrected chi connectivity index (χ1v) is 14.0. The minimum Gasteiger partial charge on any atom is -0.494 e. The number of nitrogens with one attached hydrogen (secondary N) is 1. The number of ether oxygens (including phenoxy) is 1. The SMILES string of the molecule is CCOc1ccc(C2c3cccn3-c3sc4c(c3CN2C(=O)Nc2cc(C)ccc2C)CCCC4)cc1. The Morgan fingerprint density at radius 2 is 1.86 bits per heavy atom. The van der Waals surface area contributed by atoms with Gasteiger partial charge in [0.1, 0.15) is 10.8 Å². The van der Waals surface area contributed by atoms with Crippen LogP contribution in [0.25, 0.3) is 5.00 Å². The number of aryl methyl sites for hydroxylation is 3. The van der Waals surface area contributed by atoms with E-state index >= 15 is 0 Å². The molecule has 5 nitrogen and oxygen atoms in total. The zero-order chi connectivity index (χ0) is 25.5. The molecule has 6 heteroatoms. The Morgan fingerprint density at radius 1 is 1.05 bits per heavy atom. The monoisotopic (exact) mass is 511 g/mol. The van der Waals surface area contributed by atoms with Crippen LogP contribution in [-0.2, 0) is 19.4 Å². The van der Waals surface area contributed by atoms with Crippen molar-refractivity contribution >= 4 is 23.1 Å². The number of urea groups is 1. The Morgan fingerprint density at radius 3 is 2.68 bits per heavy atom. The minimum atomic E-state index is -0.227. The lowest BCUT2D eigenvalue weighted by Gasteiger charge is -2.32. The van der Waals surface area contributed by atoms with Crippen molar-refractivity contribution in [3.05, 3.63) is 99.2 Å². The Hall–Kier alpha value is -3.51. The molecule has 0 saturated carbocycles. The highest BCUT2D eigenvalue weighted by atomic mass is 32.1. The zero-order valence-corrected chi connectivity index (χ0v) is 22.5. The van der Waals surface area contributed by atoms with Crippen LogP contribution in [0.4, 0.5) is 10.5 Å². The third-order valence-electron chi connectivity index (χ3n) is 7.58. The molecule has 2 aliphatic rings. The summed E-state index contributed by atoms with van der Waals surface area (Å²) in [5.41, 5.74) is 8.00. The van der Waals surface area contributed by atoms with E-state index < -0.39 is 0 Å². The fourth-order valence-electron chi connectivity index (χ4n) is 5.71. The van der Waals surface area contributed by atoms with Crippen LogP contribution in [0.1, 0.15) is 64.2 Å². The molecule has 2 aromatic heterocycles. The molecule has 2 amide bonds. The van der Waals surface area contributed by atoms with Crippen molar-refractivity contribution in [3.8, 4) is 10.8 Å². The van der Waals surface area contributed by atoms with Crippen molar-refractivity contribution < 1.29 is 9.53 Å². The summed E-state index contributed by atoms with van der Waals surface area (Å²) >= 11 is 1.91. The van der Waals surface area contributed by atoms with Gasteiger partial charge in [-0.2, -0.15) is 0 Å². The molecule has 0 bridgehead atoms. The number of thiophene rings is 1. The van der Waals surface area contributed by atoms with Gasteiger partial charge in [0.05, 0.1) is 24.9 Å². The van der Waals surface area contributed by atoms with Gasteiger partial charge in [0, 0.05) is 22.3 Å². The second kappa shape index (κ2) is 9.75. The molecule has 4 aromatic rings. The first kappa shape index (κ1) is 23.9. The number of amides is 2. The molecule has 1 N–H and O–H groups in total. The van der Waals surface area contributed by atoms with Crippen LogP contribution >= 0.6 is 11.3 Å². The van der Waals surface area contributed by atoms with Crippen molar-refractivity contribution in [2.24, 2.45) is 0 Å². The van der Waals surface area contributed by atoms with E-state index in [1.165, 1.54) is 33.8 Å². The van der Waals surface area contributed by atoms with E-state index in [1.54, 1.807) is 0 Å². The van der Waals surface area contributed by atoms with E-state index in [0.717, 1.165) is 46.7 Å². The van der Waals surface area contributed by atoms with Crippen molar-refractivity contribution in [3.63, 3.8) is 0 Å². The predicted molar refractivity (Wildman–Crippen MR) is 150 cm³/mol. The summed E-state index contributed by atoms with van der Waals surface area (Å²) < 4.78 is 8.03. The van der Waals surface area contributed by atoms with Gasteiger partial charge in [-0.3, -0.25) is 0 Å². The predicted octanol–water partition coefficient (Wildman–Crippen LogP) is 7.57. The highest BCUT2D eigenvalue weighted by molar-refractivity contribution is 7.15. The quantitative estimate of drug-likeness (QED) is 0.307. The third-order valence-corrected chi connectivity index (χ3v) is 8.91. The lowest BCUT2D eigenvalue weighted by Crippen LogP contribution is -2.38. The normalized spacial score (nSPS) is 16.4. The van der Waals surface area contributed by atoms with Crippen LogP contribution in [0.5, 0.6) is 5.75 Å². The minimum absolute atomic E-state index is 0.0797. The Labute approximate surface area is 222 Å². The Bertz CT molecular complexity index is 1450. The fraction of sp³-hybridized carbons (Fsp3) is 0.323. The first-order chi connectivity index (χ1) is 18.0. The molecule has 190 valence electrons. The molecular formula is C31H33N3O2S. The van der Waals surface area contributed by atoms with E-state index in [-0.39, 0.29) is 12.1 Å². The molecule has 1 atom stereocenters. The van der Waals surface area contributed by atoms with Crippen LogP contribution < -0.4 is 10.1 Å². The van der Waals surface area contributed by atoms with Crippen molar-refractivity contribution in [1.29, 1.82) is 0 Å². The van der Waals surface area contributed by atoms with Gasteiger partial charge in [0.2, 0.25) is 0 Å². The van der Waals surface area contributed by atoms with Gasteiger partial charge in [0.25, 0.3) is 0 Å². The largest absolute Gasteiger partial charge is 0.494 e. The molecule has 2 aromatic carbocycles. The van der Waals surface area contributed by atoms with Crippen LogP contribution in [-0.4, -0.2) is 22.1 Å². The summed E-state index contributed by atoms with van der Waals surface area (Å²) in [4.78, 5) is 17.7. The van der Waals surface area contributed by atoms with Gasteiger partial charge in [0.15, 0.2) is 0 Å². The second-order valence-electron chi connectivity index (χ2n) is 10.1. The van der Waals surface area contributed by atoms with Gasteiger partial charge in [-0.1, -0.05) is 24.3 Å². The standard InChI is InChI=1S/C31H33N3O2S/c1-4-36-23-15-13-22(14-16-23)29-27-9-7-17-33(27)30-25(24-8-5-6-10-28(24)37-30)19-34(29)31(35)32-26-18-20(2)11-12-21(26)3/h7,9,11-18,29H,4-6,8,10,19H2,1-3H3,(H,32,35). The lowest BCUT2D eigenvalue weighted by atomic mass is 9.95. The highest BCUT2D eigenvalue weighted by Crippen LogP contribution is 2.44. The first-order valence-electron chi connectivity index (χ1n) is 13.2.